The summed E-state index contributed by atoms with van der Waals surface area (Å²) in [6.45, 7) is 4.41. The number of allylic oxidation sites excluding steroid dienone is 1. The second-order valence-corrected chi connectivity index (χ2v) is 11.8. The molecule has 6 nitrogen and oxygen atoms in total. The van der Waals surface area contributed by atoms with E-state index in [1.54, 1.807) is 6.08 Å². The molecule has 0 saturated carbocycles. The van der Waals surface area contributed by atoms with Gasteiger partial charge in [0.25, 0.3) is 7.82 Å². The third-order valence-corrected chi connectivity index (χ3v) is 7.93. The Morgan fingerprint density at radius 3 is 1.81 bits per heavy atom. The Labute approximate surface area is 222 Å². The van der Waals surface area contributed by atoms with Crippen molar-refractivity contribution in [2.75, 3.05) is 6.61 Å². The van der Waals surface area contributed by atoms with Gasteiger partial charge in [0, 0.05) is 6.42 Å². The van der Waals surface area contributed by atoms with Crippen LogP contribution in [0.1, 0.15) is 149 Å². The molecule has 36 heavy (non-hydrogen) atoms. The topological polar surface area (TPSA) is 87.7 Å². The van der Waals surface area contributed by atoms with Gasteiger partial charge in [-0.1, -0.05) is 135 Å². The zero-order valence-corrected chi connectivity index (χ0v) is 24.2. The van der Waals surface area contributed by atoms with E-state index in [0.717, 1.165) is 25.7 Å². The molecule has 3 atom stereocenters. The van der Waals surface area contributed by atoms with Crippen LogP contribution < -0.4 is 10.2 Å². The van der Waals surface area contributed by atoms with Crippen LogP contribution in [0.3, 0.4) is 0 Å². The van der Waals surface area contributed by atoms with Gasteiger partial charge in [0.2, 0.25) is 5.91 Å². The van der Waals surface area contributed by atoms with E-state index in [1.807, 2.05) is 6.08 Å². The summed E-state index contributed by atoms with van der Waals surface area (Å²) in [5.41, 5.74) is 0. The van der Waals surface area contributed by atoms with Crippen molar-refractivity contribution in [3.8, 4) is 0 Å². The van der Waals surface area contributed by atoms with Crippen LogP contribution in [0.5, 0.6) is 0 Å². The molecule has 212 valence electrons. The Morgan fingerprint density at radius 2 is 1.28 bits per heavy atom. The standard InChI is InChI=1S/C29H56NO5P/c1-3-5-7-9-11-13-14-15-17-18-20-22-24-28-27(26-34-36(32,33)35-28)30-29(31)25-23-21-19-16-12-10-8-6-4-2/h22,24,27-28H,3-21,23,25-26H2,1-2H3,(H,30,31)(H,32,33)/p-1/b24-22+/t27-,28+/m0/s1. The van der Waals surface area contributed by atoms with Crippen LogP contribution in [0, 0.1) is 0 Å². The minimum Gasteiger partial charge on any atom is -0.756 e. The third-order valence-electron chi connectivity index (χ3n) is 6.96. The molecule has 1 rings (SSSR count). The zero-order valence-electron chi connectivity index (χ0n) is 23.4. The monoisotopic (exact) mass is 528 g/mol. The number of amides is 1. The fourth-order valence-corrected chi connectivity index (χ4v) is 5.59. The van der Waals surface area contributed by atoms with Crippen molar-refractivity contribution in [3.63, 3.8) is 0 Å². The number of unbranched alkanes of at least 4 members (excludes halogenated alkanes) is 18. The number of carbonyl (C=O) groups is 1. The molecule has 0 bridgehead atoms. The van der Waals surface area contributed by atoms with Gasteiger partial charge in [-0.2, -0.15) is 0 Å². The molecule has 0 aromatic rings. The molecule has 7 heteroatoms. The molecule has 1 aliphatic rings. The molecule has 0 radical (unpaired) electrons. The van der Waals surface area contributed by atoms with E-state index in [2.05, 4.69) is 19.2 Å². The largest absolute Gasteiger partial charge is 0.756 e. The summed E-state index contributed by atoms with van der Waals surface area (Å²) in [7, 11) is -4.30. The van der Waals surface area contributed by atoms with E-state index >= 15 is 0 Å². The number of carbonyl (C=O) groups excluding carboxylic acids is 1. The molecular weight excluding hydrogens is 473 g/mol. The van der Waals surface area contributed by atoms with Gasteiger partial charge >= 0.3 is 0 Å². The molecule has 0 aliphatic carbocycles. The van der Waals surface area contributed by atoms with E-state index in [9.17, 15) is 14.3 Å². The van der Waals surface area contributed by atoms with Crippen molar-refractivity contribution in [3.05, 3.63) is 12.2 Å². The quantitative estimate of drug-likeness (QED) is 0.0821. The van der Waals surface area contributed by atoms with Crippen LogP contribution in [0.2, 0.25) is 0 Å². The molecule has 1 saturated heterocycles. The Kier molecular flexibility index (Phi) is 20.7. The second kappa shape index (κ2) is 22.3. The molecule has 1 fully saturated rings. The fraction of sp³-hybridized carbons (Fsp3) is 0.897. The summed E-state index contributed by atoms with van der Waals surface area (Å²) < 4.78 is 21.8. The second-order valence-electron chi connectivity index (χ2n) is 10.5. The Balaban J connectivity index is 2.20. The Bertz CT molecular complexity index is 612. The van der Waals surface area contributed by atoms with E-state index < -0.39 is 20.0 Å². The molecular formula is C29H55NO5P-. The number of nitrogens with one attached hydrogen (secondary N) is 1. The lowest BCUT2D eigenvalue weighted by Crippen LogP contribution is -2.49. The summed E-state index contributed by atoms with van der Waals surface area (Å²) >= 11 is 0. The van der Waals surface area contributed by atoms with Gasteiger partial charge in [-0.25, -0.2) is 0 Å². The maximum atomic E-state index is 12.4. The van der Waals surface area contributed by atoms with Gasteiger partial charge in [0.1, 0.15) is 6.10 Å². The van der Waals surface area contributed by atoms with Crippen LogP contribution in [-0.4, -0.2) is 24.7 Å². The zero-order chi connectivity index (χ0) is 26.3. The van der Waals surface area contributed by atoms with Gasteiger partial charge in [-0.05, 0) is 19.3 Å². The maximum Gasteiger partial charge on any atom is 0.268 e. The first kappa shape index (κ1) is 33.3. The van der Waals surface area contributed by atoms with Crippen LogP contribution in [0.25, 0.3) is 0 Å². The highest BCUT2D eigenvalue weighted by molar-refractivity contribution is 7.45. The molecule has 0 aromatic carbocycles. The average molecular weight is 529 g/mol. The molecule has 1 N–H and O–H groups in total. The highest BCUT2D eigenvalue weighted by Gasteiger charge is 2.32. The van der Waals surface area contributed by atoms with Gasteiger partial charge in [-0.15, -0.1) is 0 Å². The van der Waals surface area contributed by atoms with Crippen LogP contribution in [0.4, 0.5) is 0 Å². The number of hydrogen-bond acceptors (Lipinski definition) is 5. The number of rotatable bonds is 23. The minimum absolute atomic E-state index is 0.0640. The first-order valence-corrected chi connectivity index (χ1v) is 16.5. The third kappa shape index (κ3) is 18.5. The van der Waals surface area contributed by atoms with Gasteiger partial charge in [0.05, 0.1) is 12.6 Å². The number of phosphoric acid groups is 1. The van der Waals surface area contributed by atoms with Gasteiger partial charge in [-0.3, -0.25) is 9.36 Å². The Morgan fingerprint density at radius 1 is 0.806 bits per heavy atom. The van der Waals surface area contributed by atoms with Crippen molar-refractivity contribution in [2.45, 2.75) is 161 Å². The SMILES string of the molecule is CCCCCCCCCCCC/C=C/[C@H]1OP(=O)([O-])OC[C@@H]1NC(=O)CCCCCCCCCCC. The summed E-state index contributed by atoms with van der Waals surface area (Å²) in [4.78, 5) is 24.2. The predicted molar refractivity (Wildman–Crippen MR) is 148 cm³/mol. The summed E-state index contributed by atoms with van der Waals surface area (Å²) in [5, 5.41) is 2.93. The molecule has 1 unspecified atom stereocenters. The number of hydrogen-bond donors (Lipinski definition) is 1. The molecule has 0 spiro atoms. The average Bonchev–Trinajstić information content (AvgIpc) is 2.85. The van der Waals surface area contributed by atoms with Gasteiger partial charge in [0.15, 0.2) is 0 Å². The lowest BCUT2D eigenvalue weighted by atomic mass is 10.1. The van der Waals surface area contributed by atoms with E-state index in [4.69, 9.17) is 9.05 Å². The van der Waals surface area contributed by atoms with Crippen molar-refractivity contribution >= 4 is 13.7 Å². The van der Waals surface area contributed by atoms with Crippen LogP contribution in [0.15, 0.2) is 12.2 Å². The van der Waals surface area contributed by atoms with Crippen molar-refractivity contribution in [1.29, 1.82) is 0 Å². The Hall–Kier alpha value is -0.680. The molecule has 1 amide bonds. The van der Waals surface area contributed by atoms with E-state index in [0.29, 0.717) is 6.42 Å². The summed E-state index contributed by atoms with van der Waals surface area (Å²) in [5.74, 6) is -0.0640. The van der Waals surface area contributed by atoms with Crippen molar-refractivity contribution in [1.82, 2.24) is 5.32 Å². The molecule has 1 aliphatic heterocycles. The normalized spacial score (nSPS) is 22.3. The number of phosphoric ester groups is 1. The van der Waals surface area contributed by atoms with E-state index in [1.165, 1.54) is 103 Å². The fourth-order valence-electron chi connectivity index (χ4n) is 4.67. The lowest BCUT2D eigenvalue weighted by molar-refractivity contribution is -0.237. The van der Waals surface area contributed by atoms with E-state index in [-0.39, 0.29) is 12.5 Å². The first-order chi connectivity index (χ1) is 17.5. The summed E-state index contributed by atoms with van der Waals surface area (Å²) in [6, 6.07) is -0.476. The first-order valence-electron chi connectivity index (χ1n) is 15.1. The van der Waals surface area contributed by atoms with Crippen LogP contribution >= 0.6 is 7.82 Å². The molecule has 1 heterocycles. The predicted octanol–water partition coefficient (Wildman–Crippen LogP) is 8.14. The molecule has 0 aromatic heterocycles. The van der Waals surface area contributed by atoms with Gasteiger partial charge < -0.3 is 19.3 Å². The van der Waals surface area contributed by atoms with Crippen LogP contribution in [-0.2, 0) is 18.4 Å². The lowest BCUT2D eigenvalue weighted by Gasteiger charge is -2.37. The van der Waals surface area contributed by atoms with Crippen molar-refractivity contribution < 1.29 is 23.3 Å². The highest BCUT2D eigenvalue weighted by atomic mass is 31.2. The van der Waals surface area contributed by atoms with Crippen molar-refractivity contribution in [2.24, 2.45) is 0 Å². The smallest absolute Gasteiger partial charge is 0.268 e. The minimum atomic E-state index is -4.30. The summed E-state index contributed by atoms with van der Waals surface area (Å²) in [6.07, 6.45) is 28.1. The maximum absolute atomic E-state index is 12.4. The highest BCUT2D eigenvalue weighted by Crippen LogP contribution is 2.44.